The molecule has 2 aliphatic rings. The van der Waals surface area contributed by atoms with Crippen molar-refractivity contribution in [1.29, 1.82) is 0 Å². The van der Waals surface area contributed by atoms with Crippen LogP contribution in [0.15, 0.2) is 24.3 Å². The van der Waals surface area contributed by atoms with Gasteiger partial charge in [-0.1, -0.05) is 18.2 Å². The lowest BCUT2D eigenvalue weighted by Gasteiger charge is -2.38. The summed E-state index contributed by atoms with van der Waals surface area (Å²) in [5.41, 5.74) is -1.57. The highest BCUT2D eigenvalue weighted by Crippen LogP contribution is 2.51. The van der Waals surface area contributed by atoms with Gasteiger partial charge in [0.25, 0.3) is 0 Å². The number of nitrogens with one attached hydrogen (secondary N) is 1. The number of halogens is 4. The van der Waals surface area contributed by atoms with Crippen LogP contribution in [-0.4, -0.2) is 36.0 Å². The minimum absolute atomic E-state index is 0. The molecule has 1 aromatic rings. The van der Waals surface area contributed by atoms with Gasteiger partial charge in [0.2, 0.25) is 5.91 Å². The van der Waals surface area contributed by atoms with E-state index in [0.29, 0.717) is 19.5 Å². The molecule has 0 radical (unpaired) electrons. The Labute approximate surface area is 158 Å². The van der Waals surface area contributed by atoms with Crippen LogP contribution in [0.5, 0.6) is 0 Å². The smallest absolute Gasteiger partial charge is 0.337 e. The van der Waals surface area contributed by atoms with E-state index >= 15 is 0 Å². The molecule has 1 aromatic carbocycles. The van der Waals surface area contributed by atoms with Crippen molar-refractivity contribution in [3.63, 3.8) is 0 Å². The molecule has 0 aromatic heterocycles. The zero-order valence-electron chi connectivity index (χ0n) is 15.3. The van der Waals surface area contributed by atoms with Crippen molar-refractivity contribution in [3.05, 3.63) is 35.4 Å². The van der Waals surface area contributed by atoms with Crippen LogP contribution in [0, 0.1) is 5.41 Å². The van der Waals surface area contributed by atoms with Crippen molar-refractivity contribution in [3.8, 4) is 0 Å². The summed E-state index contributed by atoms with van der Waals surface area (Å²) in [6.07, 6.45) is -2.99. The Bertz CT molecular complexity index is 663. The summed E-state index contributed by atoms with van der Waals surface area (Å²) in [6, 6.07) is 5.72. The SMILES string of the molecule is CC(C)(C)N1CC(c2ccccc2C(F)(F)F)C2(CCCNC2)C1=O.Cl. The molecular formula is C19H26ClF3N2O. The predicted octanol–water partition coefficient (Wildman–Crippen LogP) is 4.22. The van der Waals surface area contributed by atoms with Gasteiger partial charge in [0, 0.05) is 24.5 Å². The van der Waals surface area contributed by atoms with Crippen LogP contribution in [0.4, 0.5) is 13.2 Å². The highest BCUT2D eigenvalue weighted by Gasteiger charge is 2.57. The van der Waals surface area contributed by atoms with Gasteiger partial charge in [-0.25, -0.2) is 0 Å². The van der Waals surface area contributed by atoms with Gasteiger partial charge in [-0.2, -0.15) is 13.2 Å². The second-order valence-corrected chi connectivity index (χ2v) is 8.16. The fourth-order valence-electron chi connectivity index (χ4n) is 4.30. The van der Waals surface area contributed by atoms with Crippen molar-refractivity contribution in [2.45, 2.75) is 51.2 Å². The first-order chi connectivity index (χ1) is 11.6. The van der Waals surface area contributed by atoms with Crippen LogP contribution >= 0.6 is 12.4 Å². The van der Waals surface area contributed by atoms with E-state index in [4.69, 9.17) is 0 Å². The fraction of sp³-hybridized carbons (Fsp3) is 0.632. The zero-order chi connectivity index (χ0) is 18.5. The van der Waals surface area contributed by atoms with E-state index in [-0.39, 0.29) is 23.9 Å². The van der Waals surface area contributed by atoms with Gasteiger partial charge in [0.1, 0.15) is 0 Å². The molecular weight excluding hydrogens is 365 g/mol. The van der Waals surface area contributed by atoms with E-state index in [1.165, 1.54) is 6.07 Å². The van der Waals surface area contributed by atoms with Crippen LogP contribution in [0.1, 0.15) is 50.7 Å². The molecule has 2 fully saturated rings. The quantitative estimate of drug-likeness (QED) is 0.778. The first kappa shape index (κ1) is 21.0. The number of piperidine rings is 1. The normalized spacial score (nSPS) is 26.9. The lowest BCUT2D eigenvalue weighted by atomic mass is 9.68. The summed E-state index contributed by atoms with van der Waals surface area (Å²) >= 11 is 0. The number of alkyl halides is 3. The summed E-state index contributed by atoms with van der Waals surface area (Å²) in [4.78, 5) is 15.0. The molecule has 0 saturated carbocycles. The summed E-state index contributed by atoms with van der Waals surface area (Å²) in [5, 5.41) is 3.25. The number of carbonyl (C=O) groups excluding carboxylic acids is 1. The van der Waals surface area contributed by atoms with Crippen molar-refractivity contribution in [2.75, 3.05) is 19.6 Å². The fourth-order valence-corrected chi connectivity index (χ4v) is 4.30. The topological polar surface area (TPSA) is 32.3 Å². The number of amides is 1. The maximum atomic E-state index is 13.6. The van der Waals surface area contributed by atoms with E-state index in [1.54, 1.807) is 17.0 Å². The minimum Gasteiger partial charge on any atom is -0.337 e. The lowest BCUT2D eigenvalue weighted by molar-refractivity contribution is -0.142. The van der Waals surface area contributed by atoms with Crippen LogP contribution in [-0.2, 0) is 11.0 Å². The maximum Gasteiger partial charge on any atom is 0.416 e. The van der Waals surface area contributed by atoms with E-state index in [0.717, 1.165) is 19.0 Å². The summed E-state index contributed by atoms with van der Waals surface area (Å²) in [6.45, 7) is 7.39. The average Bonchev–Trinajstić information content (AvgIpc) is 2.80. The molecule has 26 heavy (non-hydrogen) atoms. The largest absolute Gasteiger partial charge is 0.416 e. The van der Waals surface area contributed by atoms with E-state index < -0.39 is 28.6 Å². The van der Waals surface area contributed by atoms with Gasteiger partial charge < -0.3 is 10.2 Å². The molecule has 2 unspecified atom stereocenters. The van der Waals surface area contributed by atoms with Gasteiger partial charge in [0.15, 0.2) is 0 Å². The predicted molar refractivity (Wildman–Crippen MR) is 97.4 cm³/mol. The second-order valence-electron chi connectivity index (χ2n) is 8.16. The molecule has 1 N–H and O–H groups in total. The van der Waals surface area contributed by atoms with E-state index in [1.807, 2.05) is 20.8 Å². The van der Waals surface area contributed by atoms with Gasteiger partial charge in [-0.15, -0.1) is 12.4 Å². The Morgan fingerprint density at radius 2 is 1.85 bits per heavy atom. The van der Waals surface area contributed by atoms with Crippen LogP contribution < -0.4 is 5.32 Å². The number of likely N-dealkylation sites (tertiary alicyclic amines) is 1. The average molecular weight is 391 g/mol. The summed E-state index contributed by atoms with van der Waals surface area (Å²) < 4.78 is 40.7. The Hall–Kier alpha value is -1.27. The number of benzene rings is 1. The molecule has 146 valence electrons. The molecule has 1 spiro atoms. The van der Waals surface area contributed by atoms with Crippen LogP contribution in [0.25, 0.3) is 0 Å². The van der Waals surface area contributed by atoms with Crippen molar-refractivity contribution in [1.82, 2.24) is 10.2 Å². The molecule has 3 rings (SSSR count). The molecule has 7 heteroatoms. The summed E-state index contributed by atoms with van der Waals surface area (Å²) in [7, 11) is 0. The third-order valence-corrected chi connectivity index (χ3v) is 5.57. The van der Waals surface area contributed by atoms with E-state index in [2.05, 4.69) is 5.32 Å². The van der Waals surface area contributed by atoms with Gasteiger partial charge >= 0.3 is 6.18 Å². The molecule has 0 bridgehead atoms. The Kier molecular flexibility index (Phi) is 5.70. The first-order valence-corrected chi connectivity index (χ1v) is 8.76. The van der Waals surface area contributed by atoms with Crippen molar-refractivity contribution in [2.24, 2.45) is 5.41 Å². The third kappa shape index (κ3) is 3.46. The highest BCUT2D eigenvalue weighted by molar-refractivity contribution is 5.88. The Morgan fingerprint density at radius 3 is 2.38 bits per heavy atom. The minimum atomic E-state index is -4.42. The molecule has 2 saturated heterocycles. The van der Waals surface area contributed by atoms with Crippen molar-refractivity contribution >= 4 is 18.3 Å². The number of carbonyl (C=O) groups is 1. The molecule has 3 nitrogen and oxygen atoms in total. The van der Waals surface area contributed by atoms with Crippen LogP contribution in [0.3, 0.4) is 0 Å². The second kappa shape index (κ2) is 7.04. The maximum absolute atomic E-state index is 13.6. The molecule has 2 atom stereocenters. The zero-order valence-corrected chi connectivity index (χ0v) is 16.1. The van der Waals surface area contributed by atoms with Crippen molar-refractivity contribution < 1.29 is 18.0 Å². The van der Waals surface area contributed by atoms with Crippen LogP contribution in [0.2, 0.25) is 0 Å². The van der Waals surface area contributed by atoms with Gasteiger partial charge in [0.05, 0.1) is 11.0 Å². The number of nitrogens with zero attached hydrogens (tertiary/aromatic N) is 1. The molecule has 0 aliphatic carbocycles. The molecule has 1 amide bonds. The van der Waals surface area contributed by atoms with Gasteiger partial charge in [-0.3, -0.25) is 4.79 Å². The van der Waals surface area contributed by atoms with Gasteiger partial charge in [-0.05, 0) is 51.8 Å². The Morgan fingerprint density at radius 1 is 1.19 bits per heavy atom. The first-order valence-electron chi connectivity index (χ1n) is 8.76. The number of hydrogen-bond donors (Lipinski definition) is 1. The molecule has 2 heterocycles. The lowest BCUT2D eigenvalue weighted by Crippen LogP contribution is -2.51. The highest BCUT2D eigenvalue weighted by atomic mass is 35.5. The number of hydrogen-bond acceptors (Lipinski definition) is 2. The third-order valence-electron chi connectivity index (χ3n) is 5.57. The Balaban J connectivity index is 0.00000243. The number of rotatable bonds is 1. The van der Waals surface area contributed by atoms with E-state index in [9.17, 15) is 18.0 Å². The summed E-state index contributed by atoms with van der Waals surface area (Å²) in [5.74, 6) is -0.473. The monoisotopic (exact) mass is 390 g/mol. The standard InChI is InChI=1S/C19H25F3N2O.ClH/c1-17(2,3)24-11-15(18(16(24)25)9-6-10-23-12-18)13-7-4-5-8-14(13)19(20,21)22;/h4-5,7-8,15,23H,6,9-12H2,1-3H3;1H. The molecule has 2 aliphatic heterocycles.